The Balaban J connectivity index is 1.82. The Morgan fingerprint density at radius 3 is 3.05 bits per heavy atom. The molecule has 0 bridgehead atoms. The van der Waals surface area contributed by atoms with Crippen LogP contribution in [0.2, 0.25) is 0 Å². The molecule has 1 fully saturated rings. The zero-order valence-electron chi connectivity index (χ0n) is 10.3. The van der Waals surface area contributed by atoms with E-state index in [1.807, 2.05) is 0 Å². The molecule has 104 valence electrons. The molecule has 1 aromatic rings. The summed E-state index contributed by atoms with van der Waals surface area (Å²) in [7, 11) is 0. The van der Waals surface area contributed by atoms with Crippen molar-refractivity contribution in [1.82, 2.24) is 5.32 Å². The maximum atomic E-state index is 13.4. The lowest BCUT2D eigenvalue weighted by Gasteiger charge is -2.23. The van der Waals surface area contributed by atoms with Crippen molar-refractivity contribution >= 4 is 5.69 Å². The Hall–Kier alpha value is -1.57. The van der Waals surface area contributed by atoms with Gasteiger partial charge in [0, 0.05) is 19.2 Å². The van der Waals surface area contributed by atoms with Crippen molar-refractivity contribution in [3.8, 4) is 0 Å². The zero-order chi connectivity index (χ0) is 13.7. The molecule has 1 aliphatic heterocycles. The average molecular weight is 270 g/mol. The summed E-state index contributed by atoms with van der Waals surface area (Å²) in [6.45, 7) is 2.83. The van der Waals surface area contributed by atoms with Crippen LogP contribution in [0.3, 0.4) is 0 Å². The molecule has 0 aromatic heterocycles. The van der Waals surface area contributed by atoms with Crippen molar-refractivity contribution in [3.63, 3.8) is 0 Å². The van der Waals surface area contributed by atoms with Gasteiger partial charge in [0.25, 0.3) is 0 Å². The van der Waals surface area contributed by atoms with Gasteiger partial charge in [0.2, 0.25) is 5.82 Å². The van der Waals surface area contributed by atoms with Gasteiger partial charge < -0.3 is 14.8 Å². The smallest absolute Gasteiger partial charge is 0.304 e. The molecule has 7 heteroatoms. The van der Waals surface area contributed by atoms with Gasteiger partial charge in [0.05, 0.1) is 30.8 Å². The molecule has 1 saturated heterocycles. The van der Waals surface area contributed by atoms with Crippen molar-refractivity contribution < 1.29 is 18.8 Å². The summed E-state index contributed by atoms with van der Waals surface area (Å²) < 4.78 is 24.2. The molecule has 0 amide bonds. The number of nitro benzene ring substituents is 1. The standard InChI is InChI=1S/C12H15FN2O4/c13-11-5-9(1-2-12(11)15(16)17)7-18-8-10-6-14-3-4-19-10/h1-2,5,10,14H,3-4,6-8H2. The second-order valence-corrected chi connectivity index (χ2v) is 4.25. The molecule has 19 heavy (non-hydrogen) atoms. The molecule has 0 saturated carbocycles. The molecule has 1 N–H and O–H groups in total. The fourth-order valence-electron chi connectivity index (χ4n) is 1.82. The van der Waals surface area contributed by atoms with Gasteiger partial charge in [-0.05, 0) is 17.7 Å². The molecular formula is C12H15FN2O4. The summed E-state index contributed by atoms with van der Waals surface area (Å²) in [5, 5.41) is 13.6. The van der Waals surface area contributed by atoms with E-state index in [4.69, 9.17) is 9.47 Å². The maximum absolute atomic E-state index is 13.4. The number of nitro groups is 1. The molecule has 6 nitrogen and oxygen atoms in total. The van der Waals surface area contributed by atoms with Crippen LogP contribution in [0, 0.1) is 15.9 Å². The van der Waals surface area contributed by atoms with E-state index in [1.165, 1.54) is 6.07 Å². The number of benzene rings is 1. The highest BCUT2D eigenvalue weighted by atomic mass is 19.1. The van der Waals surface area contributed by atoms with E-state index in [-0.39, 0.29) is 12.7 Å². The Labute approximate surface area is 109 Å². The summed E-state index contributed by atoms with van der Waals surface area (Å²) in [6, 6.07) is 3.76. The first-order chi connectivity index (χ1) is 9.16. The SMILES string of the molecule is O=[N+]([O-])c1ccc(COCC2CNCCO2)cc1F. The molecule has 1 atom stereocenters. The van der Waals surface area contributed by atoms with E-state index in [0.29, 0.717) is 18.8 Å². The van der Waals surface area contributed by atoms with Crippen LogP contribution in [0.5, 0.6) is 0 Å². The molecule has 0 radical (unpaired) electrons. The van der Waals surface area contributed by atoms with Gasteiger partial charge in [-0.2, -0.15) is 4.39 Å². The van der Waals surface area contributed by atoms with Crippen LogP contribution in [0.1, 0.15) is 5.56 Å². The molecule has 1 aromatic carbocycles. The second-order valence-electron chi connectivity index (χ2n) is 4.25. The van der Waals surface area contributed by atoms with Crippen LogP contribution in [0.25, 0.3) is 0 Å². The molecule has 1 unspecified atom stereocenters. The summed E-state index contributed by atoms with van der Waals surface area (Å²) in [6.07, 6.45) is -0.00311. The van der Waals surface area contributed by atoms with Crippen LogP contribution in [0.15, 0.2) is 18.2 Å². The molecule has 1 aliphatic rings. The third kappa shape index (κ3) is 3.95. The van der Waals surface area contributed by atoms with Crippen molar-refractivity contribution in [2.75, 3.05) is 26.3 Å². The lowest BCUT2D eigenvalue weighted by molar-refractivity contribution is -0.387. The fourth-order valence-corrected chi connectivity index (χ4v) is 1.82. The van der Waals surface area contributed by atoms with Gasteiger partial charge in [-0.25, -0.2) is 0 Å². The van der Waals surface area contributed by atoms with Gasteiger partial charge in [0.15, 0.2) is 0 Å². The van der Waals surface area contributed by atoms with Gasteiger partial charge in [0.1, 0.15) is 0 Å². The zero-order valence-corrected chi connectivity index (χ0v) is 10.3. The predicted octanol–water partition coefficient (Wildman–Crippen LogP) is 1.24. The van der Waals surface area contributed by atoms with Crippen LogP contribution in [-0.4, -0.2) is 37.3 Å². The van der Waals surface area contributed by atoms with Crippen LogP contribution < -0.4 is 5.32 Å². The first-order valence-corrected chi connectivity index (χ1v) is 5.99. The van der Waals surface area contributed by atoms with Crippen LogP contribution >= 0.6 is 0 Å². The molecule has 2 rings (SSSR count). The highest BCUT2D eigenvalue weighted by molar-refractivity contribution is 5.34. The minimum atomic E-state index is -0.846. The van der Waals surface area contributed by atoms with Gasteiger partial charge in [-0.15, -0.1) is 0 Å². The summed E-state index contributed by atoms with van der Waals surface area (Å²) in [5.74, 6) is -0.846. The van der Waals surface area contributed by atoms with E-state index in [9.17, 15) is 14.5 Å². The minimum absolute atomic E-state index is 0.00311. The number of hydrogen-bond donors (Lipinski definition) is 1. The van der Waals surface area contributed by atoms with E-state index in [1.54, 1.807) is 0 Å². The molecule has 0 aliphatic carbocycles. The molecule has 0 spiro atoms. The number of nitrogens with one attached hydrogen (secondary N) is 1. The number of morpholine rings is 1. The van der Waals surface area contributed by atoms with E-state index < -0.39 is 16.4 Å². The highest BCUT2D eigenvalue weighted by Gasteiger charge is 2.15. The number of rotatable bonds is 5. The Morgan fingerprint density at radius 1 is 1.58 bits per heavy atom. The van der Waals surface area contributed by atoms with E-state index in [0.717, 1.165) is 25.2 Å². The quantitative estimate of drug-likeness (QED) is 0.643. The first-order valence-electron chi connectivity index (χ1n) is 5.99. The Morgan fingerprint density at radius 2 is 2.42 bits per heavy atom. The number of hydrogen-bond acceptors (Lipinski definition) is 5. The second kappa shape index (κ2) is 6.55. The minimum Gasteiger partial charge on any atom is -0.374 e. The maximum Gasteiger partial charge on any atom is 0.304 e. The number of halogens is 1. The molecule has 1 heterocycles. The Bertz CT molecular complexity index is 449. The normalized spacial score (nSPS) is 19.3. The predicted molar refractivity (Wildman–Crippen MR) is 65.3 cm³/mol. The van der Waals surface area contributed by atoms with Crippen molar-refractivity contribution in [2.24, 2.45) is 0 Å². The average Bonchev–Trinajstić information content (AvgIpc) is 2.39. The third-order valence-corrected chi connectivity index (χ3v) is 2.79. The third-order valence-electron chi connectivity index (χ3n) is 2.79. The summed E-state index contributed by atoms with van der Waals surface area (Å²) in [5.41, 5.74) is 0.0374. The molecular weight excluding hydrogens is 255 g/mol. The van der Waals surface area contributed by atoms with Crippen molar-refractivity contribution in [3.05, 3.63) is 39.7 Å². The Kier molecular flexibility index (Phi) is 4.78. The first kappa shape index (κ1) is 13.9. The van der Waals surface area contributed by atoms with Crippen LogP contribution in [-0.2, 0) is 16.1 Å². The van der Waals surface area contributed by atoms with Gasteiger partial charge >= 0.3 is 5.69 Å². The largest absolute Gasteiger partial charge is 0.374 e. The van der Waals surface area contributed by atoms with E-state index >= 15 is 0 Å². The highest BCUT2D eigenvalue weighted by Crippen LogP contribution is 2.18. The van der Waals surface area contributed by atoms with Gasteiger partial charge in [-0.3, -0.25) is 10.1 Å². The lowest BCUT2D eigenvalue weighted by Crippen LogP contribution is -2.40. The van der Waals surface area contributed by atoms with Crippen molar-refractivity contribution in [1.29, 1.82) is 0 Å². The van der Waals surface area contributed by atoms with E-state index in [2.05, 4.69) is 5.32 Å². The topological polar surface area (TPSA) is 73.6 Å². The van der Waals surface area contributed by atoms with Gasteiger partial charge in [-0.1, -0.05) is 0 Å². The van der Waals surface area contributed by atoms with Crippen LogP contribution in [0.4, 0.5) is 10.1 Å². The van der Waals surface area contributed by atoms with Crippen molar-refractivity contribution in [2.45, 2.75) is 12.7 Å². The summed E-state index contributed by atoms with van der Waals surface area (Å²) >= 11 is 0. The number of ether oxygens (including phenoxy) is 2. The summed E-state index contributed by atoms with van der Waals surface area (Å²) in [4.78, 5) is 9.72. The lowest BCUT2D eigenvalue weighted by atomic mass is 10.2. The number of nitrogens with zero attached hydrogens (tertiary/aromatic N) is 1. The monoisotopic (exact) mass is 270 g/mol. The fraction of sp³-hybridized carbons (Fsp3) is 0.500.